The van der Waals surface area contributed by atoms with Crippen LogP contribution in [0.1, 0.15) is 38.4 Å². The van der Waals surface area contributed by atoms with E-state index in [0.29, 0.717) is 6.42 Å². The summed E-state index contributed by atoms with van der Waals surface area (Å²) in [5, 5.41) is 0. The highest BCUT2D eigenvalue weighted by Crippen LogP contribution is 2.16. The summed E-state index contributed by atoms with van der Waals surface area (Å²) >= 11 is 0. The van der Waals surface area contributed by atoms with Crippen molar-refractivity contribution in [2.45, 2.75) is 38.8 Å². The number of esters is 1. The maximum Gasteiger partial charge on any atom is 0.323 e. The Bertz CT molecular complexity index is 324. The van der Waals surface area contributed by atoms with Crippen molar-refractivity contribution < 1.29 is 9.53 Å². The van der Waals surface area contributed by atoms with Crippen LogP contribution in [-0.2, 0) is 9.53 Å². The van der Waals surface area contributed by atoms with Gasteiger partial charge in [-0.2, -0.15) is 0 Å². The molecule has 3 nitrogen and oxygen atoms in total. The SMILES string of the molecule is CCC[C@H](N)C(=O)OC(C)c1ccccc1. The van der Waals surface area contributed by atoms with E-state index in [4.69, 9.17) is 10.5 Å². The van der Waals surface area contributed by atoms with Crippen molar-refractivity contribution >= 4 is 5.97 Å². The van der Waals surface area contributed by atoms with Gasteiger partial charge in [-0.25, -0.2) is 0 Å². The molecular weight excluding hydrogens is 202 g/mol. The number of ether oxygens (including phenoxy) is 1. The molecule has 2 N–H and O–H groups in total. The normalized spacial score (nSPS) is 14.2. The largest absolute Gasteiger partial charge is 0.457 e. The molecule has 0 amide bonds. The highest BCUT2D eigenvalue weighted by atomic mass is 16.5. The van der Waals surface area contributed by atoms with Crippen molar-refractivity contribution in [1.82, 2.24) is 0 Å². The molecule has 0 aromatic heterocycles. The molecule has 1 rings (SSSR count). The molecule has 0 radical (unpaired) electrons. The first-order chi connectivity index (χ1) is 7.65. The topological polar surface area (TPSA) is 52.3 Å². The van der Waals surface area contributed by atoms with Crippen molar-refractivity contribution in [3.05, 3.63) is 35.9 Å². The van der Waals surface area contributed by atoms with Crippen LogP contribution in [0.5, 0.6) is 0 Å². The summed E-state index contributed by atoms with van der Waals surface area (Å²) in [5.74, 6) is -0.321. The lowest BCUT2D eigenvalue weighted by Gasteiger charge is -2.16. The van der Waals surface area contributed by atoms with Crippen LogP contribution in [0, 0.1) is 0 Å². The van der Waals surface area contributed by atoms with Crippen LogP contribution in [0.4, 0.5) is 0 Å². The molecule has 3 heteroatoms. The van der Waals surface area contributed by atoms with Crippen molar-refractivity contribution in [2.75, 3.05) is 0 Å². The lowest BCUT2D eigenvalue weighted by atomic mass is 10.1. The summed E-state index contributed by atoms with van der Waals surface area (Å²) in [6.07, 6.45) is 1.31. The molecule has 0 fully saturated rings. The maximum absolute atomic E-state index is 11.6. The molecule has 0 heterocycles. The Morgan fingerprint density at radius 3 is 2.56 bits per heavy atom. The third kappa shape index (κ3) is 3.66. The van der Waals surface area contributed by atoms with Crippen LogP contribution in [0.25, 0.3) is 0 Å². The number of rotatable bonds is 5. The second-order valence-corrected chi connectivity index (χ2v) is 3.88. The summed E-state index contributed by atoms with van der Waals surface area (Å²) in [5.41, 5.74) is 6.67. The second-order valence-electron chi connectivity index (χ2n) is 3.88. The van der Waals surface area contributed by atoms with Gasteiger partial charge >= 0.3 is 5.97 Å². The van der Waals surface area contributed by atoms with Crippen LogP contribution < -0.4 is 5.73 Å². The minimum Gasteiger partial charge on any atom is -0.457 e. The Kier molecular flexibility index (Phi) is 4.99. The van der Waals surface area contributed by atoms with E-state index in [1.807, 2.05) is 44.2 Å². The lowest BCUT2D eigenvalue weighted by Crippen LogP contribution is -2.32. The van der Waals surface area contributed by atoms with E-state index in [0.717, 1.165) is 12.0 Å². The average molecular weight is 221 g/mol. The highest BCUT2D eigenvalue weighted by Gasteiger charge is 2.17. The zero-order valence-electron chi connectivity index (χ0n) is 9.85. The quantitative estimate of drug-likeness (QED) is 0.777. The van der Waals surface area contributed by atoms with Crippen LogP contribution in [0.15, 0.2) is 30.3 Å². The third-order valence-corrected chi connectivity index (χ3v) is 2.46. The molecule has 0 saturated carbocycles. The van der Waals surface area contributed by atoms with Crippen LogP contribution in [0.3, 0.4) is 0 Å². The molecule has 2 atom stereocenters. The van der Waals surface area contributed by atoms with E-state index in [-0.39, 0.29) is 12.1 Å². The average Bonchev–Trinajstić information content (AvgIpc) is 2.30. The zero-order valence-corrected chi connectivity index (χ0v) is 9.85. The van der Waals surface area contributed by atoms with Gasteiger partial charge in [0.15, 0.2) is 0 Å². The Morgan fingerprint density at radius 1 is 1.38 bits per heavy atom. The fraction of sp³-hybridized carbons (Fsp3) is 0.462. The number of benzene rings is 1. The minimum absolute atomic E-state index is 0.239. The van der Waals surface area contributed by atoms with Crippen LogP contribution in [0.2, 0.25) is 0 Å². The summed E-state index contributed by atoms with van der Waals surface area (Å²) in [6, 6.07) is 9.14. The Balaban J connectivity index is 2.51. The molecule has 0 spiro atoms. The number of carbonyl (C=O) groups excluding carboxylic acids is 1. The smallest absolute Gasteiger partial charge is 0.323 e. The predicted octanol–water partition coefficient (Wildman–Crippen LogP) is 2.42. The van der Waals surface area contributed by atoms with E-state index in [2.05, 4.69) is 0 Å². The van der Waals surface area contributed by atoms with Gasteiger partial charge in [-0.05, 0) is 18.9 Å². The van der Waals surface area contributed by atoms with Crippen molar-refractivity contribution in [3.8, 4) is 0 Å². The standard InChI is InChI=1S/C13H19NO2/c1-3-7-12(14)13(15)16-10(2)11-8-5-4-6-9-11/h4-6,8-10,12H,3,7,14H2,1-2H3/t10?,12-/m0/s1. The van der Waals surface area contributed by atoms with Gasteiger partial charge in [-0.3, -0.25) is 4.79 Å². The monoisotopic (exact) mass is 221 g/mol. The van der Waals surface area contributed by atoms with E-state index >= 15 is 0 Å². The molecule has 0 aliphatic heterocycles. The van der Waals surface area contributed by atoms with Crippen LogP contribution in [-0.4, -0.2) is 12.0 Å². The summed E-state index contributed by atoms with van der Waals surface area (Å²) in [4.78, 5) is 11.6. The van der Waals surface area contributed by atoms with Gasteiger partial charge in [0.05, 0.1) is 0 Å². The summed E-state index contributed by atoms with van der Waals surface area (Å²) < 4.78 is 5.29. The summed E-state index contributed by atoms with van der Waals surface area (Å²) in [7, 11) is 0. The predicted molar refractivity (Wildman–Crippen MR) is 63.8 cm³/mol. The first kappa shape index (κ1) is 12.7. The first-order valence-corrected chi connectivity index (χ1v) is 5.66. The molecule has 1 aromatic carbocycles. The molecule has 1 aromatic rings. The van der Waals surface area contributed by atoms with Crippen molar-refractivity contribution in [2.24, 2.45) is 5.73 Å². The minimum atomic E-state index is -0.504. The van der Waals surface area contributed by atoms with Gasteiger partial charge in [0, 0.05) is 0 Å². The molecule has 1 unspecified atom stereocenters. The van der Waals surface area contributed by atoms with Gasteiger partial charge in [-0.1, -0.05) is 43.7 Å². The number of nitrogens with two attached hydrogens (primary N) is 1. The van der Waals surface area contributed by atoms with Gasteiger partial charge in [0.1, 0.15) is 12.1 Å². The molecular formula is C13H19NO2. The van der Waals surface area contributed by atoms with Gasteiger partial charge in [0.2, 0.25) is 0 Å². The van der Waals surface area contributed by atoms with E-state index in [1.54, 1.807) is 0 Å². The fourth-order valence-electron chi connectivity index (χ4n) is 1.48. The zero-order chi connectivity index (χ0) is 12.0. The Morgan fingerprint density at radius 2 is 2.00 bits per heavy atom. The third-order valence-electron chi connectivity index (χ3n) is 2.46. The van der Waals surface area contributed by atoms with Crippen LogP contribution >= 0.6 is 0 Å². The fourth-order valence-corrected chi connectivity index (χ4v) is 1.48. The summed E-state index contributed by atoms with van der Waals surface area (Å²) in [6.45, 7) is 3.85. The Labute approximate surface area is 96.6 Å². The van der Waals surface area contributed by atoms with Crippen molar-refractivity contribution in [1.29, 1.82) is 0 Å². The number of hydrogen-bond acceptors (Lipinski definition) is 3. The number of carbonyl (C=O) groups is 1. The van der Waals surface area contributed by atoms with Gasteiger partial charge in [0.25, 0.3) is 0 Å². The van der Waals surface area contributed by atoms with Gasteiger partial charge < -0.3 is 10.5 Å². The van der Waals surface area contributed by atoms with E-state index in [9.17, 15) is 4.79 Å². The number of hydrogen-bond donors (Lipinski definition) is 1. The first-order valence-electron chi connectivity index (χ1n) is 5.66. The highest BCUT2D eigenvalue weighted by molar-refractivity contribution is 5.75. The lowest BCUT2D eigenvalue weighted by molar-refractivity contribution is -0.150. The maximum atomic E-state index is 11.6. The molecule has 0 saturated heterocycles. The molecule has 0 aliphatic carbocycles. The molecule has 88 valence electrons. The van der Waals surface area contributed by atoms with Gasteiger partial charge in [-0.15, -0.1) is 0 Å². The van der Waals surface area contributed by atoms with Crippen molar-refractivity contribution in [3.63, 3.8) is 0 Å². The van der Waals surface area contributed by atoms with E-state index < -0.39 is 6.04 Å². The molecule has 0 bridgehead atoms. The Hall–Kier alpha value is -1.35. The molecule has 16 heavy (non-hydrogen) atoms. The second kappa shape index (κ2) is 6.28. The molecule has 0 aliphatic rings. The van der Waals surface area contributed by atoms with E-state index in [1.165, 1.54) is 0 Å².